The lowest BCUT2D eigenvalue weighted by molar-refractivity contribution is -0.133. The summed E-state index contributed by atoms with van der Waals surface area (Å²) < 4.78 is 4.08. The average Bonchev–Trinajstić information content (AvgIpc) is 3.46. The quantitative estimate of drug-likeness (QED) is 0.756. The molecule has 1 saturated carbocycles. The van der Waals surface area contributed by atoms with Gasteiger partial charge < -0.3 is 14.0 Å². The molecule has 0 bridgehead atoms. The van der Waals surface area contributed by atoms with Gasteiger partial charge in [0.15, 0.2) is 5.82 Å². The van der Waals surface area contributed by atoms with Gasteiger partial charge in [-0.25, -0.2) is 4.98 Å². The Hall–Kier alpha value is -2.22. The molecule has 1 aliphatic heterocycles. The smallest absolute Gasteiger partial charge is 0.236 e. The van der Waals surface area contributed by atoms with Gasteiger partial charge in [-0.1, -0.05) is 12.8 Å². The van der Waals surface area contributed by atoms with Gasteiger partial charge in [0.05, 0.1) is 19.4 Å². The van der Waals surface area contributed by atoms with E-state index >= 15 is 0 Å². The first-order valence-electron chi connectivity index (χ1n) is 10.4. The normalized spacial score (nSPS) is 21.0. The van der Waals surface area contributed by atoms with Crippen LogP contribution in [0.2, 0.25) is 0 Å². The maximum absolute atomic E-state index is 12.9. The first kappa shape index (κ1) is 19.1. The van der Waals surface area contributed by atoms with Gasteiger partial charge in [-0.15, -0.1) is 10.2 Å². The number of hydrogen-bond acceptors (Lipinski definition) is 5. The second kappa shape index (κ2) is 8.43. The van der Waals surface area contributed by atoms with Gasteiger partial charge in [-0.05, 0) is 32.7 Å². The molecule has 1 saturated heterocycles. The molecular weight excluding hydrogens is 354 g/mol. The fourth-order valence-corrected chi connectivity index (χ4v) is 4.61. The molecule has 8 nitrogen and oxygen atoms in total. The van der Waals surface area contributed by atoms with Crippen molar-refractivity contribution in [3.8, 4) is 0 Å². The topological polar surface area (TPSA) is 72.1 Å². The van der Waals surface area contributed by atoms with Crippen LogP contribution in [-0.2, 0) is 18.4 Å². The molecule has 1 aliphatic carbocycles. The van der Waals surface area contributed by atoms with Crippen LogP contribution in [0.4, 0.5) is 0 Å². The minimum atomic E-state index is 0.250. The lowest BCUT2D eigenvalue weighted by Crippen LogP contribution is -2.45. The third-order valence-corrected chi connectivity index (χ3v) is 6.35. The van der Waals surface area contributed by atoms with Gasteiger partial charge in [0.2, 0.25) is 5.91 Å². The predicted molar refractivity (Wildman–Crippen MR) is 106 cm³/mol. The van der Waals surface area contributed by atoms with Crippen molar-refractivity contribution in [2.45, 2.75) is 57.0 Å². The Morgan fingerprint density at radius 2 is 2.04 bits per heavy atom. The van der Waals surface area contributed by atoms with Crippen LogP contribution in [0.1, 0.15) is 56.1 Å². The minimum absolute atomic E-state index is 0.250. The van der Waals surface area contributed by atoms with Crippen LogP contribution >= 0.6 is 0 Å². The van der Waals surface area contributed by atoms with Crippen LogP contribution < -0.4 is 0 Å². The molecule has 8 heteroatoms. The van der Waals surface area contributed by atoms with Crippen molar-refractivity contribution in [3.05, 3.63) is 30.4 Å². The molecule has 152 valence electrons. The molecule has 2 aromatic rings. The second-order valence-corrected chi connectivity index (χ2v) is 8.30. The summed E-state index contributed by atoms with van der Waals surface area (Å²) in [5, 5.41) is 8.86. The standard InChI is InChI=1S/C20H31N7O/c1-24(17-7-3-4-8-17)14-19(28)27-10-5-6-16(12-27)20-23-22-18(25(20)2)13-26-11-9-21-15-26/h9,11,15-17H,3-8,10,12-14H2,1-2H3/t16-/m0/s1. The van der Waals surface area contributed by atoms with E-state index in [0.29, 0.717) is 19.1 Å². The Kier molecular flexibility index (Phi) is 5.75. The lowest BCUT2D eigenvalue weighted by atomic mass is 9.97. The molecule has 1 atom stereocenters. The number of rotatable bonds is 6. The monoisotopic (exact) mass is 385 g/mol. The summed E-state index contributed by atoms with van der Waals surface area (Å²) in [6.07, 6.45) is 12.6. The summed E-state index contributed by atoms with van der Waals surface area (Å²) in [6, 6.07) is 0.578. The van der Waals surface area contributed by atoms with Crippen LogP contribution in [0.25, 0.3) is 0 Å². The number of carbonyl (C=O) groups is 1. The number of nitrogens with zero attached hydrogens (tertiary/aromatic N) is 7. The summed E-state index contributed by atoms with van der Waals surface area (Å²) >= 11 is 0. The van der Waals surface area contributed by atoms with Crippen molar-refractivity contribution in [3.63, 3.8) is 0 Å². The van der Waals surface area contributed by atoms with E-state index in [4.69, 9.17) is 0 Å². The van der Waals surface area contributed by atoms with Crippen LogP contribution in [0, 0.1) is 0 Å². The molecule has 0 aromatic carbocycles. The number of aromatic nitrogens is 5. The zero-order valence-electron chi connectivity index (χ0n) is 17.0. The van der Waals surface area contributed by atoms with Crippen molar-refractivity contribution in [1.29, 1.82) is 0 Å². The molecule has 2 fully saturated rings. The average molecular weight is 386 g/mol. The molecule has 1 amide bonds. The van der Waals surface area contributed by atoms with Crippen molar-refractivity contribution in [1.82, 2.24) is 34.1 Å². The summed E-state index contributed by atoms with van der Waals surface area (Å²) in [5.41, 5.74) is 0. The highest BCUT2D eigenvalue weighted by atomic mass is 16.2. The number of hydrogen-bond donors (Lipinski definition) is 0. The molecule has 0 radical (unpaired) electrons. The Labute approximate surface area is 166 Å². The van der Waals surface area contributed by atoms with Crippen LogP contribution in [0.3, 0.4) is 0 Å². The molecule has 0 N–H and O–H groups in total. The summed E-state index contributed by atoms with van der Waals surface area (Å²) in [7, 11) is 4.12. The Morgan fingerprint density at radius 3 is 2.79 bits per heavy atom. The maximum Gasteiger partial charge on any atom is 0.236 e. The third kappa shape index (κ3) is 4.11. The number of likely N-dealkylation sites (N-methyl/N-ethyl adjacent to an activating group) is 1. The third-order valence-electron chi connectivity index (χ3n) is 6.35. The largest absolute Gasteiger partial charge is 0.341 e. The molecule has 2 aromatic heterocycles. The van der Waals surface area contributed by atoms with Gasteiger partial charge in [0.25, 0.3) is 0 Å². The SMILES string of the molecule is CN(CC(=O)N1CCC[C@H](c2nnc(Cn3ccnc3)n2C)C1)C1CCCC1. The predicted octanol–water partition coefficient (Wildman–Crippen LogP) is 1.64. The van der Waals surface area contributed by atoms with Gasteiger partial charge in [-0.3, -0.25) is 9.69 Å². The highest BCUT2D eigenvalue weighted by molar-refractivity contribution is 5.78. The fourth-order valence-electron chi connectivity index (χ4n) is 4.61. The number of carbonyl (C=O) groups excluding carboxylic acids is 1. The fraction of sp³-hybridized carbons (Fsp3) is 0.700. The van der Waals surface area contributed by atoms with E-state index in [9.17, 15) is 4.79 Å². The van der Waals surface area contributed by atoms with E-state index in [1.54, 1.807) is 12.5 Å². The molecule has 28 heavy (non-hydrogen) atoms. The zero-order valence-corrected chi connectivity index (χ0v) is 17.0. The molecule has 0 spiro atoms. The van der Waals surface area contributed by atoms with Crippen molar-refractivity contribution < 1.29 is 4.79 Å². The van der Waals surface area contributed by atoms with E-state index in [-0.39, 0.29) is 11.8 Å². The van der Waals surface area contributed by atoms with Gasteiger partial charge >= 0.3 is 0 Å². The van der Waals surface area contributed by atoms with Crippen molar-refractivity contribution >= 4 is 5.91 Å². The number of piperidine rings is 1. The summed E-state index contributed by atoms with van der Waals surface area (Å²) in [5.74, 6) is 2.40. The Balaban J connectivity index is 1.38. The van der Waals surface area contributed by atoms with Crippen LogP contribution in [-0.4, -0.2) is 72.7 Å². The highest BCUT2D eigenvalue weighted by Crippen LogP contribution is 2.27. The molecular formula is C20H31N7O. The van der Waals surface area contributed by atoms with Gasteiger partial charge in [-0.2, -0.15) is 0 Å². The summed E-state index contributed by atoms with van der Waals surface area (Å²) in [6.45, 7) is 2.79. The minimum Gasteiger partial charge on any atom is -0.341 e. The Bertz CT molecular complexity index is 779. The molecule has 2 aliphatic rings. The van der Waals surface area contributed by atoms with E-state index < -0.39 is 0 Å². The highest BCUT2D eigenvalue weighted by Gasteiger charge is 2.30. The first-order chi connectivity index (χ1) is 13.6. The van der Waals surface area contributed by atoms with Crippen molar-refractivity contribution in [2.24, 2.45) is 7.05 Å². The van der Waals surface area contributed by atoms with E-state index in [1.165, 1.54) is 25.7 Å². The van der Waals surface area contributed by atoms with Gasteiger partial charge in [0, 0.05) is 44.5 Å². The number of amides is 1. The van der Waals surface area contributed by atoms with E-state index in [2.05, 4.69) is 31.7 Å². The van der Waals surface area contributed by atoms with E-state index in [0.717, 1.165) is 37.6 Å². The zero-order chi connectivity index (χ0) is 19.5. The van der Waals surface area contributed by atoms with E-state index in [1.807, 2.05) is 22.7 Å². The molecule has 4 rings (SSSR count). The van der Waals surface area contributed by atoms with Gasteiger partial charge in [0.1, 0.15) is 5.82 Å². The Morgan fingerprint density at radius 1 is 1.21 bits per heavy atom. The molecule has 3 heterocycles. The lowest BCUT2D eigenvalue weighted by Gasteiger charge is -2.34. The number of likely N-dealkylation sites (tertiary alicyclic amines) is 1. The summed E-state index contributed by atoms with van der Waals surface area (Å²) in [4.78, 5) is 21.2. The number of imidazole rings is 1. The van der Waals surface area contributed by atoms with Crippen LogP contribution in [0.5, 0.6) is 0 Å². The van der Waals surface area contributed by atoms with Crippen molar-refractivity contribution in [2.75, 3.05) is 26.7 Å². The molecule has 0 unspecified atom stereocenters. The maximum atomic E-state index is 12.9. The van der Waals surface area contributed by atoms with Crippen LogP contribution in [0.15, 0.2) is 18.7 Å². The second-order valence-electron chi connectivity index (χ2n) is 8.30. The first-order valence-corrected chi connectivity index (χ1v) is 10.4.